The maximum Gasteiger partial charge on any atom is 0.243 e. The number of halogens is 1. The van der Waals surface area contributed by atoms with Crippen molar-refractivity contribution in [2.24, 2.45) is 10.9 Å². The van der Waals surface area contributed by atoms with E-state index in [1.807, 2.05) is 0 Å². The number of carbonyl (C=O) groups is 2. The molecule has 1 aromatic rings. The lowest BCUT2D eigenvalue weighted by Crippen LogP contribution is -2.50. The first-order valence-corrected chi connectivity index (χ1v) is 6.35. The first-order chi connectivity index (χ1) is 10.0. The number of benzene rings is 1. The quantitative estimate of drug-likeness (QED) is 0.202. The highest BCUT2D eigenvalue weighted by atomic mass is 19.1. The number of hydrogen-bond donors (Lipinski definition) is 4. The van der Waals surface area contributed by atoms with Crippen LogP contribution < -0.4 is 16.4 Å². The number of carbonyl (C=O) groups excluding carboxylic acids is 2. The molecule has 0 aromatic heterocycles. The standard InChI is InChI=1S/C13H15FN4O3/c14-11-7(2-1-3-8(11)12(15)18-21)6-16-9-4-5-10(19)17-13(9)20/h1-3,9,16,21H,4-6H2,(H2,15,18)(H,17,19,20). The lowest BCUT2D eigenvalue weighted by molar-refractivity contribution is -0.134. The molecule has 2 rings (SSSR count). The van der Waals surface area contributed by atoms with Gasteiger partial charge in [-0.05, 0) is 12.5 Å². The van der Waals surface area contributed by atoms with Crippen molar-refractivity contribution < 1.29 is 19.2 Å². The number of rotatable bonds is 4. The van der Waals surface area contributed by atoms with Crippen LogP contribution in [0.1, 0.15) is 24.0 Å². The van der Waals surface area contributed by atoms with Gasteiger partial charge in [-0.3, -0.25) is 14.9 Å². The normalized spacial score (nSPS) is 19.5. The summed E-state index contributed by atoms with van der Waals surface area (Å²) in [5.41, 5.74) is 5.65. The summed E-state index contributed by atoms with van der Waals surface area (Å²) >= 11 is 0. The molecule has 8 heteroatoms. The van der Waals surface area contributed by atoms with Crippen LogP contribution in [0, 0.1) is 5.82 Å². The number of hydrogen-bond acceptors (Lipinski definition) is 5. The van der Waals surface area contributed by atoms with Gasteiger partial charge < -0.3 is 16.3 Å². The topological polar surface area (TPSA) is 117 Å². The van der Waals surface area contributed by atoms with Crippen molar-refractivity contribution >= 4 is 17.6 Å². The molecular weight excluding hydrogens is 279 g/mol. The molecule has 1 aliphatic rings. The molecule has 0 aliphatic carbocycles. The molecule has 1 saturated heterocycles. The minimum atomic E-state index is -0.618. The van der Waals surface area contributed by atoms with Gasteiger partial charge in [0.1, 0.15) is 5.82 Å². The van der Waals surface area contributed by atoms with E-state index in [-0.39, 0.29) is 35.8 Å². The molecule has 2 amide bonds. The number of piperidine rings is 1. The highest BCUT2D eigenvalue weighted by molar-refractivity contribution is 6.00. The Morgan fingerprint density at radius 1 is 1.52 bits per heavy atom. The molecule has 0 spiro atoms. The van der Waals surface area contributed by atoms with Gasteiger partial charge in [0.25, 0.3) is 0 Å². The largest absolute Gasteiger partial charge is 0.409 e. The lowest BCUT2D eigenvalue weighted by atomic mass is 10.0. The second kappa shape index (κ2) is 6.31. The van der Waals surface area contributed by atoms with Crippen LogP contribution >= 0.6 is 0 Å². The first kappa shape index (κ1) is 14.9. The van der Waals surface area contributed by atoms with Gasteiger partial charge in [0, 0.05) is 18.5 Å². The molecular formula is C13H15FN4O3. The smallest absolute Gasteiger partial charge is 0.243 e. The summed E-state index contributed by atoms with van der Waals surface area (Å²) in [4.78, 5) is 22.6. The molecule has 1 aliphatic heterocycles. The summed E-state index contributed by atoms with van der Waals surface area (Å²) in [5.74, 6) is -1.67. The second-order valence-electron chi connectivity index (χ2n) is 4.65. The van der Waals surface area contributed by atoms with E-state index in [1.165, 1.54) is 12.1 Å². The summed E-state index contributed by atoms with van der Waals surface area (Å²) in [6.45, 7) is 0.0880. The van der Waals surface area contributed by atoms with Crippen LogP contribution in [-0.4, -0.2) is 28.9 Å². The van der Waals surface area contributed by atoms with Crippen LogP contribution in [-0.2, 0) is 16.1 Å². The van der Waals surface area contributed by atoms with Gasteiger partial charge in [0.15, 0.2) is 5.84 Å². The maximum atomic E-state index is 14.2. The predicted molar refractivity (Wildman–Crippen MR) is 71.9 cm³/mol. The van der Waals surface area contributed by atoms with Crippen molar-refractivity contribution in [3.63, 3.8) is 0 Å². The van der Waals surface area contributed by atoms with E-state index < -0.39 is 17.8 Å². The predicted octanol–water partition coefficient (Wildman–Crippen LogP) is -0.185. The van der Waals surface area contributed by atoms with Crippen LogP contribution in [0.3, 0.4) is 0 Å². The van der Waals surface area contributed by atoms with E-state index in [2.05, 4.69) is 15.8 Å². The fraction of sp³-hybridized carbons (Fsp3) is 0.308. The third-order valence-corrected chi connectivity index (χ3v) is 3.24. The zero-order chi connectivity index (χ0) is 15.4. The average Bonchev–Trinajstić information content (AvgIpc) is 2.47. The van der Waals surface area contributed by atoms with Crippen molar-refractivity contribution in [3.05, 3.63) is 35.1 Å². The fourth-order valence-electron chi connectivity index (χ4n) is 2.09. The van der Waals surface area contributed by atoms with Crippen LogP contribution in [0.5, 0.6) is 0 Å². The van der Waals surface area contributed by atoms with Crippen LogP contribution in [0.15, 0.2) is 23.4 Å². The van der Waals surface area contributed by atoms with Gasteiger partial charge >= 0.3 is 0 Å². The third-order valence-electron chi connectivity index (χ3n) is 3.24. The number of amidine groups is 1. The molecule has 7 nitrogen and oxygen atoms in total. The second-order valence-corrected chi connectivity index (χ2v) is 4.65. The molecule has 5 N–H and O–H groups in total. The molecule has 1 unspecified atom stereocenters. The minimum absolute atomic E-state index is 0.0138. The van der Waals surface area contributed by atoms with E-state index in [9.17, 15) is 14.0 Å². The Kier molecular flexibility index (Phi) is 4.49. The van der Waals surface area contributed by atoms with Gasteiger partial charge in [-0.25, -0.2) is 4.39 Å². The molecule has 112 valence electrons. The molecule has 0 saturated carbocycles. The number of nitrogens with zero attached hydrogens (tertiary/aromatic N) is 1. The monoisotopic (exact) mass is 294 g/mol. The molecule has 21 heavy (non-hydrogen) atoms. The number of amides is 2. The Bertz CT molecular complexity index is 603. The van der Waals surface area contributed by atoms with E-state index in [0.717, 1.165) is 0 Å². The van der Waals surface area contributed by atoms with Crippen molar-refractivity contribution in [2.45, 2.75) is 25.4 Å². The summed E-state index contributed by atoms with van der Waals surface area (Å²) in [6.07, 6.45) is 0.613. The van der Waals surface area contributed by atoms with Crippen LogP contribution in [0.2, 0.25) is 0 Å². The van der Waals surface area contributed by atoms with E-state index in [0.29, 0.717) is 6.42 Å². The van der Waals surface area contributed by atoms with Crippen LogP contribution in [0.4, 0.5) is 4.39 Å². The molecule has 0 bridgehead atoms. The van der Waals surface area contributed by atoms with E-state index in [1.54, 1.807) is 6.07 Å². The van der Waals surface area contributed by atoms with Gasteiger partial charge in [-0.2, -0.15) is 0 Å². The Labute approximate surface area is 120 Å². The Morgan fingerprint density at radius 2 is 2.29 bits per heavy atom. The van der Waals surface area contributed by atoms with Gasteiger partial charge in [-0.15, -0.1) is 0 Å². The summed E-state index contributed by atoms with van der Waals surface area (Å²) in [7, 11) is 0. The molecule has 1 atom stereocenters. The third kappa shape index (κ3) is 3.34. The van der Waals surface area contributed by atoms with Crippen molar-refractivity contribution in [1.29, 1.82) is 0 Å². The fourth-order valence-corrected chi connectivity index (χ4v) is 2.09. The average molecular weight is 294 g/mol. The molecule has 0 radical (unpaired) electrons. The number of oxime groups is 1. The summed E-state index contributed by atoms with van der Waals surface area (Å²) in [6, 6.07) is 3.94. The Hall–Kier alpha value is -2.48. The maximum absolute atomic E-state index is 14.2. The molecule has 1 aromatic carbocycles. The summed E-state index contributed by atoms with van der Waals surface area (Å²) < 4.78 is 14.2. The SMILES string of the molecule is N/C(=N/O)c1cccc(CNC2CCC(=O)NC2=O)c1F. The van der Waals surface area contributed by atoms with Gasteiger partial charge in [-0.1, -0.05) is 17.3 Å². The highest BCUT2D eigenvalue weighted by Gasteiger charge is 2.26. The van der Waals surface area contributed by atoms with Crippen molar-refractivity contribution in [3.8, 4) is 0 Å². The van der Waals surface area contributed by atoms with Crippen molar-refractivity contribution in [2.75, 3.05) is 0 Å². The first-order valence-electron chi connectivity index (χ1n) is 6.35. The number of nitrogens with two attached hydrogens (primary N) is 1. The zero-order valence-corrected chi connectivity index (χ0v) is 11.1. The number of imide groups is 1. The van der Waals surface area contributed by atoms with Gasteiger partial charge in [0.2, 0.25) is 11.8 Å². The van der Waals surface area contributed by atoms with E-state index in [4.69, 9.17) is 10.9 Å². The lowest BCUT2D eigenvalue weighted by Gasteiger charge is -2.22. The van der Waals surface area contributed by atoms with E-state index >= 15 is 0 Å². The summed E-state index contributed by atoms with van der Waals surface area (Å²) in [5, 5.41) is 16.5. The van der Waals surface area contributed by atoms with Crippen LogP contribution in [0.25, 0.3) is 0 Å². The Balaban J connectivity index is 2.07. The minimum Gasteiger partial charge on any atom is -0.409 e. The number of nitrogens with one attached hydrogen (secondary N) is 2. The highest BCUT2D eigenvalue weighted by Crippen LogP contribution is 2.14. The van der Waals surface area contributed by atoms with Gasteiger partial charge in [0.05, 0.1) is 11.6 Å². The molecule has 1 fully saturated rings. The molecule has 1 heterocycles. The van der Waals surface area contributed by atoms with Crippen molar-refractivity contribution in [1.82, 2.24) is 10.6 Å². The Morgan fingerprint density at radius 3 is 2.95 bits per heavy atom. The zero-order valence-electron chi connectivity index (χ0n) is 11.1.